The van der Waals surface area contributed by atoms with Gasteiger partial charge in [0.1, 0.15) is 24.1 Å². The molecule has 3 aromatic rings. The van der Waals surface area contributed by atoms with E-state index in [1.54, 1.807) is 13.8 Å². The number of alkyl halides is 2. The Morgan fingerprint density at radius 3 is 2.57 bits per heavy atom. The lowest BCUT2D eigenvalue weighted by Gasteiger charge is -2.47. The number of aliphatic hydroxyl groups is 1. The van der Waals surface area contributed by atoms with Crippen LogP contribution in [0.15, 0.2) is 35.3 Å². The first kappa shape index (κ1) is 23.8. The number of halogens is 3. The number of aromatic nitrogens is 3. The Morgan fingerprint density at radius 1 is 1.23 bits per heavy atom. The van der Waals surface area contributed by atoms with Crippen molar-refractivity contribution in [2.24, 2.45) is 5.92 Å². The van der Waals surface area contributed by atoms with Crippen molar-refractivity contribution in [3.63, 3.8) is 0 Å². The Hall–Kier alpha value is -2.94. The number of aliphatic hydroxyl groups excluding tert-OH is 1. The van der Waals surface area contributed by atoms with Crippen LogP contribution in [-0.2, 0) is 11.5 Å². The summed E-state index contributed by atoms with van der Waals surface area (Å²) in [5.41, 5.74) is -0.645. The summed E-state index contributed by atoms with van der Waals surface area (Å²) in [6, 6.07) is 4.55. The molecule has 1 atom stereocenters. The molecular formula is C26H29F3N4O2. The monoisotopic (exact) mass is 486 g/mol. The largest absolute Gasteiger partial charge is 0.390 e. The molecular weight excluding hydrogens is 457 g/mol. The normalized spacial score (nSPS) is 23.0. The highest BCUT2D eigenvalue weighted by Crippen LogP contribution is 2.48. The fourth-order valence-electron chi connectivity index (χ4n) is 5.82. The van der Waals surface area contributed by atoms with E-state index in [0.717, 1.165) is 50.5 Å². The smallest absolute Gasteiger partial charge is 0.298 e. The van der Waals surface area contributed by atoms with Crippen molar-refractivity contribution in [1.29, 1.82) is 0 Å². The first-order valence-corrected chi connectivity index (χ1v) is 12.1. The third-order valence-electron chi connectivity index (χ3n) is 7.85. The average molecular weight is 487 g/mol. The third-order valence-corrected chi connectivity index (χ3v) is 7.85. The van der Waals surface area contributed by atoms with Gasteiger partial charge in [0.05, 0.1) is 22.5 Å². The van der Waals surface area contributed by atoms with Gasteiger partial charge in [-0.2, -0.15) is 8.78 Å². The number of hydrogen-bond acceptors (Lipinski definition) is 5. The number of aryl methyl sites for hydroxylation is 1. The Labute approximate surface area is 201 Å². The second kappa shape index (κ2) is 8.62. The summed E-state index contributed by atoms with van der Waals surface area (Å²) in [7, 11) is 0. The molecule has 0 unspecified atom stereocenters. The third kappa shape index (κ3) is 4.09. The highest BCUT2D eigenvalue weighted by Gasteiger charge is 2.42. The molecule has 3 aliphatic rings. The second-order valence-electron chi connectivity index (χ2n) is 10.0. The number of nitrogens with zero attached hydrogens (tertiary/aromatic N) is 3. The summed E-state index contributed by atoms with van der Waals surface area (Å²) in [4.78, 5) is 22.1. The van der Waals surface area contributed by atoms with Gasteiger partial charge >= 0.3 is 0 Å². The van der Waals surface area contributed by atoms with Gasteiger partial charge in [0, 0.05) is 23.4 Å². The van der Waals surface area contributed by atoms with Gasteiger partial charge in [0.15, 0.2) is 0 Å². The van der Waals surface area contributed by atoms with Crippen LogP contribution < -0.4 is 10.9 Å². The molecule has 2 heterocycles. The standard InChI is InChI=1S/C26H29F3N4O2/c1-15(18-4-3-5-20(23(18)27)26(28,29)14-34)30-24-19-13-33(22(35)12-21(19)31-16(2)32-24)25-9-6-17(7-10-25)8-11-25/h3-5,12-13,15,17,34H,6-11,14H2,1-2H3,(H,30,31,32)/t15-,17?,25?/m1/s1. The fourth-order valence-corrected chi connectivity index (χ4v) is 5.82. The number of benzene rings is 1. The topological polar surface area (TPSA) is 80.0 Å². The van der Waals surface area contributed by atoms with E-state index in [9.17, 15) is 13.6 Å². The van der Waals surface area contributed by atoms with Crippen molar-refractivity contribution in [1.82, 2.24) is 14.5 Å². The summed E-state index contributed by atoms with van der Waals surface area (Å²) < 4.78 is 45.0. The number of pyridine rings is 1. The van der Waals surface area contributed by atoms with Gasteiger partial charge in [-0.1, -0.05) is 12.1 Å². The van der Waals surface area contributed by atoms with Crippen LogP contribution in [0.2, 0.25) is 0 Å². The van der Waals surface area contributed by atoms with Crippen molar-refractivity contribution in [2.75, 3.05) is 11.9 Å². The molecule has 186 valence electrons. The molecule has 3 aliphatic carbocycles. The Kier molecular flexibility index (Phi) is 5.86. The minimum absolute atomic E-state index is 0.0255. The second-order valence-corrected chi connectivity index (χ2v) is 10.0. The first-order valence-electron chi connectivity index (χ1n) is 12.1. The zero-order chi connectivity index (χ0) is 25.0. The molecule has 35 heavy (non-hydrogen) atoms. The van der Waals surface area contributed by atoms with Crippen LogP contribution in [0.1, 0.15) is 68.4 Å². The molecule has 0 amide bonds. The van der Waals surface area contributed by atoms with Crippen LogP contribution in [0, 0.1) is 18.7 Å². The Balaban J connectivity index is 1.56. The highest BCUT2D eigenvalue weighted by atomic mass is 19.3. The number of nitrogens with one attached hydrogen (secondary N) is 1. The van der Waals surface area contributed by atoms with Crippen molar-refractivity contribution in [2.45, 2.75) is 69.9 Å². The van der Waals surface area contributed by atoms with Crippen LogP contribution >= 0.6 is 0 Å². The fraction of sp³-hybridized carbons (Fsp3) is 0.500. The summed E-state index contributed by atoms with van der Waals surface area (Å²) in [6.07, 6.45) is 8.05. The quantitative estimate of drug-likeness (QED) is 0.502. The zero-order valence-electron chi connectivity index (χ0n) is 19.8. The number of rotatable bonds is 6. The molecule has 2 aromatic heterocycles. The van der Waals surface area contributed by atoms with Gasteiger partial charge in [0.2, 0.25) is 0 Å². The van der Waals surface area contributed by atoms with Crippen LogP contribution in [0.5, 0.6) is 0 Å². The molecule has 0 aliphatic heterocycles. The average Bonchev–Trinajstić information content (AvgIpc) is 2.84. The molecule has 0 radical (unpaired) electrons. The maximum atomic E-state index is 15.1. The van der Waals surface area contributed by atoms with Gasteiger partial charge in [-0.3, -0.25) is 4.79 Å². The van der Waals surface area contributed by atoms with Crippen LogP contribution in [0.3, 0.4) is 0 Å². The number of anilines is 1. The van der Waals surface area contributed by atoms with E-state index in [1.165, 1.54) is 18.2 Å². The summed E-state index contributed by atoms with van der Waals surface area (Å²) in [6.45, 7) is 1.87. The first-order chi connectivity index (χ1) is 16.6. The molecule has 3 fully saturated rings. The van der Waals surface area contributed by atoms with E-state index in [2.05, 4.69) is 15.3 Å². The molecule has 2 bridgehead atoms. The molecule has 1 aromatic carbocycles. The minimum Gasteiger partial charge on any atom is -0.390 e. The van der Waals surface area contributed by atoms with E-state index < -0.39 is 30.0 Å². The summed E-state index contributed by atoms with van der Waals surface area (Å²) in [5, 5.41) is 12.8. The lowest BCUT2D eigenvalue weighted by molar-refractivity contribution is -0.0583. The SMILES string of the molecule is Cc1nc(N[C@H](C)c2cccc(C(F)(F)CO)c2F)c2cn(C34CCC(CC3)CC4)c(=O)cc2n1. The van der Waals surface area contributed by atoms with E-state index in [-0.39, 0.29) is 16.7 Å². The number of hydrogen-bond donors (Lipinski definition) is 2. The van der Waals surface area contributed by atoms with Crippen LogP contribution in [0.4, 0.5) is 19.0 Å². The molecule has 3 saturated carbocycles. The molecule has 9 heteroatoms. The number of fused-ring (bicyclic) bond motifs is 4. The van der Waals surface area contributed by atoms with Gasteiger partial charge in [-0.25, -0.2) is 14.4 Å². The lowest BCUT2D eigenvalue weighted by atomic mass is 9.65. The van der Waals surface area contributed by atoms with Gasteiger partial charge < -0.3 is 15.0 Å². The van der Waals surface area contributed by atoms with Crippen molar-refractivity contribution in [3.05, 3.63) is 63.6 Å². The Morgan fingerprint density at radius 2 is 1.91 bits per heavy atom. The molecule has 2 N–H and O–H groups in total. The van der Waals surface area contributed by atoms with Crippen molar-refractivity contribution >= 4 is 16.7 Å². The van der Waals surface area contributed by atoms with Crippen LogP contribution in [-0.4, -0.2) is 26.2 Å². The zero-order valence-corrected chi connectivity index (χ0v) is 19.8. The van der Waals surface area contributed by atoms with Crippen LogP contribution in [0.25, 0.3) is 10.9 Å². The molecule has 0 spiro atoms. The molecule has 6 nitrogen and oxygen atoms in total. The van der Waals surface area contributed by atoms with E-state index in [0.29, 0.717) is 22.5 Å². The van der Waals surface area contributed by atoms with Gasteiger partial charge in [-0.05, 0) is 64.4 Å². The summed E-state index contributed by atoms with van der Waals surface area (Å²) >= 11 is 0. The minimum atomic E-state index is -3.69. The molecule has 6 rings (SSSR count). The molecule has 0 saturated heterocycles. The van der Waals surface area contributed by atoms with E-state index in [1.807, 2.05) is 10.8 Å². The predicted molar refractivity (Wildman–Crippen MR) is 127 cm³/mol. The lowest BCUT2D eigenvalue weighted by Crippen LogP contribution is -2.47. The maximum Gasteiger partial charge on any atom is 0.298 e. The van der Waals surface area contributed by atoms with Crippen molar-refractivity contribution in [3.8, 4) is 0 Å². The van der Waals surface area contributed by atoms with E-state index >= 15 is 4.39 Å². The predicted octanol–water partition coefficient (Wildman–Crippen LogP) is 5.18. The highest BCUT2D eigenvalue weighted by molar-refractivity contribution is 5.88. The Bertz CT molecular complexity index is 1320. The van der Waals surface area contributed by atoms with Crippen molar-refractivity contribution < 1.29 is 18.3 Å². The van der Waals surface area contributed by atoms with Gasteiger partial charge in [-0.15, -0.1) is 0 Å². The summed E-state index contributed by atoms with van der Waals surface area (Å²) in [5.74, 6) is -3.17. The maximum absolute atomic E-state index is 15.1. The van der Waals surface area contributed by atoms with Gasteiger partial charge in [0.25, 0.3) is 11.5 Å². The van der Waals surface area contributed by atoms with E-state index in [4.69, 9.17) is 5.11 Å².